The second-order valence-electron chi connectivity index (χ2n) is 8.47. The molecular weight excluding hydrogens is 412 g/mol. The molecule has 0 saturated carbocycles. The van der Waals surface area contributed by atoms with E-state index >= 15 is 0 Å². The first-order valence-electron chi connectivity index (χ1n) is 11.5. The topological polar surface area (TPSA) is 58.6 Å². The number of ketones is 1. The maximum Gasteiger partial charge on any atom is 0.258 e. The summed E-state index contributed by atoms with van der Waals surface area (Å²) in [5.74, 6) is 0.420. The van der Waals surface area contributed by atoms with Crippen molar-refractivity contribution in [3.8, 4) is 5.75 Å². The predicted octanol–water partition coefficient (Wildman–Crippen LogP) is 4.64. The van der Waals surface area contributed by atoms with Crippen molar-refractivity contribution >= 4 is 11.7 Å². The highest BCUT2D eigenvalue weighted by molar-refractivity contribution is 6.08. The molecule has 33 heavy (non-hydrogen) atoms. The standard InChI is InChI=1S/C28H30N2O3/c1-21(22-8-4-2-5-9-22)30-18-16-25(17-19-30)29-27(31)20-33-26-14-12-24(13-15-26)28(32)23-10-6-3-7-11-23/h2-15,21,25H,16-20H2,1H3,(H,29,31). The SMILES string of the molecule is CC(c1ccccc1)N1CCC(NC(=O)COc2ccc(C(=O)c3ccccc3)cc2)CC1. The summed E-state index contributed by atoms with van der Waals surface area (Å²) in [5.41, 5.74) is 2.56. The smallest absolute Gasteiger partial charge is 0.258 e. The molecule has 1 aliphatic rings. The minimum Gasteiger partial charge on any atom is -0.484 e. The van der Waals surface area contributed by atoms with Crippen LogP contribution in [0.3, 0.4) is 0 Å². The fourth-order valence-corrected chi connectivity index (χ4v) is 4.25. The Bertz CT molecular complexity index is 1040. The van der Waals surface area contributed by atoms with Gasteiger partial charge in [0.2, 0.25) is 0 Å². The van der Waals surface area contributed by atoms with Crippen molar-refractivity contribution in [3.05, 3.63) is 102 Å². The number of hydrogen-bond acceptors (Lipinski definition) is 4. The molecule has 4 rings (SSSR count). The molecule has 3 aromatic rings. The van der Waals surface area contributed by atoms with Gasteiger partial charge in [0.15, 0.2) is 12.4 Å². The van der Waals surface area contributed by atoms with Gasteiger partial charge in [0.25, 0.3) is 5.91 Å². The number of nitrogens with one attached hydrogen (secondary N) is 1. The van der Waals surface area contributed by atoms with Crippen molar-refractivity contribution in [3.63, 3.8) is 0 Å². The van der Waals surface area contributed by atoms with Crippen LogP contribution in [0, 0.1) is 0 Å². The number of rotatable bonds is 8. The Morgan fingerprint density at radius 3 is 2.09 bits per heavy atom. The van der Waals surface area contributed by atoms with Crippen LogP contribution in [0.25, 0.3) is 0 Å². The summed E-state index contributed by atoms with van der Waals surface area (Å²) in [4.78, 5) is 27.3. The number of ether oxygens (including phenoxy) is 1. The molecule has 5 nitrogen and oxygen atoms in total. The van der Waals surface area contributed by atoms with Crippen molar-refractivity contribution in [1.82, 2.24) is 10.2 Å². The summed E-state index contributed by atoms with van der Waals surface area (Å²) < 4.78 is 5.63. The summed E-state index contributed by atoms with van der Waals surface area (Å²) in [7, 11) is 0. The third-order valence-corrected chi connectivity index (χ3v) is 6.25. The molecule has 0 radical (unpaired) electrons. The second-order valence-corrected chi connectivity index (χ2v) is 8.47. The van der Waals surface area contributed by atoms with Gasteiger partial charge in [0, 0.05) is 36.3 Å². The molecule has 0 spiro atoms. The molecule has 0 aromatic heterocycles. The lowest BCUT2D eigenvalue weighted by Crippen LogP contribution is -2.46. The third kappa shape index (κ3) is 6.08. The normalized spacial score (nSPS) is 15.5. The quantitative estimate of drug-likeness (QED) is 0.517. The first kappa shape index (κ1) is 22.7. The van der Waals surface area contributed by atoms with E-state index in [0.29, 0.717) is 22.9 Å². The highest BCUT2D eigenvalue weighted by Gasteiger charge is 2.24. The van der Waals surface area contributed by atoms with Gasteiger partial charge in [0.1, 0.15) is 5.75 Å². The van der Waals surface area contributed by atoms with Crippen LogP contribution in [0.15, 0.2) is 84.9 Å². The van der Waals surface area contributed by atoms with Crippen molar-refractivity contribution in [2.45, 2.75) is 31.8 Å². The lowest BCUT2D eigenvalue weighted by Gasteiger charge is -2.36. The van der Waals surface area contributed by atoms with Gasteiger partial charge in [-0.2, -0.15) is 0 Å². The maximum atomic E-state index is 12.5. The predicted molar refractivity (Wildman–Crippen MR) is 129 cm³/mol. The second kappa shape index (κ2) is 10.9. The number of carbonyl (C=O) groups is 2. The summed E-state index contributed by atoms with van der Waals surface area (Å²) in [5, 5.41) is 3.09. The Balaban J connectivity index is 1.20. The summed E-state index contributed by atoms with van der Waals surface area (Å²) in [6.45, 7) is 4.12. The van der Waals surface area contributed by atoms with E-state index in [-0.39, 0.29) is 24.3 Å². The number of hydrogen-bond donors (Lipinski definition) is 1. The summed E-state index contributed by atoms with van der Waals surface area (Å²) in [6.07, 6.45) is 1.86. The highest BCUT2D eigenvalue weighted by Crippen LogP contribution is 2.24. The van der Waals surface area contributed by atoms with Gasteiger partial charge in [-0.15, -0.1) is 0 Å². The Hall–Kier alpha value is -3.44. The molecular formula is C28H30N2O3. The summed E-state index contributed by atoms with van der Waals surface area (Å²) >= 11 is 0. The van der Waals surface area contributed by atoms with Crippen molar-refractivity contribution in [2.75, 3.05) is 19.7 Å². The largest absolute Gasteiger partial charge is 0.484 e. The van der Waals surface area contributed by atoms with Crippen molar-refractivity contribution < 1.29 is 14.3 Å². The van der Waals surface area contributed by atoms with Crippen LogP contribution in [0.2, 0.25) is 0 Å². The van der Waals surface area contributed by atoms with Gasteiger partial charge < -0.3 is 10.1 Å². The molecule has 1 aliphatic heterocycles. The number of benzene rings is 3. The first-order chi connectivity index (χ1) is 16.1. The van der Waals surface area contributed by atoms with Crippen molar-refractivity contribution in [1.29, 1.82) is 0 Å². The Kier molecular flexibility index (Phi) is 7.53. The molecule has 3 aromatic carbocycles. The molecule has 170 valence electrons. The number of nitrogens with zero attached hydrogens (tertiary/aromatic N) is 1. The van der Waals surface area contributed by atoms with E-state index in [1.54, 1.807) is 36.4 Å². The molecule has 1 amide bonds. The van der Waals surface area contributed by atoms with Crippen molar-refractivity contribution in [2.24, 2.45) is 0 Å². The van der Waals surface area contributed by atoms with E-state index in [1.165, 1.54) is 5.56 Å². The van der Waals surface area contributed by atoms with Crippen LogP contribution in [-0.2, 0) is 4.79 Å². The van der Waals surface area contributed by atoms with Crippen LogP contribution >= 0.6 is 0 Å². The monoisotopic (exact) mass is 442 g/mol. The van der Waals surface area contributed by atoms with Gasteiger partial charge in [-0.25, -0.2) is 0 Å². The molecule has 1 saturated heterocycles. The molecule has 0 aliphatic carbocycles. The zero-order chi connectivity index (χ0) is 23.0. The lowest BCUT2D eigenvalue weighted by molar-refractivity contribution is -0.124. The maximum absolute atomic E-state index is 12.5. The number of carbonyl (C=O) groups excluding carboxylic acids is 2. The van der Waals surface area contributed by atoms with Crippen LogP contribution in [0.5, 0.6) is 5.75 Å². The molecule has 1 fully saturated rings. The fraction of sp³-hybridized carbons (Fsp3) is 0.286. The zero-order valence-electron chi connectivity index (χ0n) is 18.9. The van der Waals surface area contributed by atoms with Gasteiger partial charge in [-0.3, -0.25) is 14.5 Å². The van der Waals surface area contributed by atoms with E-state index in [0.717, 1.165) is 25.9 Å². The Morgan fingerprint density at radius 2 is 1.45 bits per heavy atom. The van der Waals surface area contributed by atoms with E-state index < -0.39 is 0 Å². The molecule has 1 heterocycles. The van der Waals surface area contributed by atoms with E-state index in [1.807, 2.05) is 24.3 Å². The number of piperidine rings is 1. The van der Waals surface area contributed by atoms with E-state index in [9.17, 15) is 9.59 Å². The number of likely N-dealkylation sites (tertiary alicyclic amines) is 1. The molecule has 0 bridgehead atoms. The average Bonchev–Trinajstić information content (AvgIpc) is 2.88. The minimum atomic E-state index is -0.117. The van der Waals surface area contributed by atoms with Crippen LogP contribution in [-0.4, -0.2) is 42.3 Å². The van der Waals surface area contributed by atoms with E-state index in [4.69, 9.17) is 4.74 Å². The first-order valence-corrected chi connectivity index (χ1v) is 11.5. The van der Waals surface area contributed by atoms with Crippen LogP contribution in [0.1, 0.15) is 47.3 Å². The Morgan fingerprint density at radius 1 is 0.879 bits per heavy atom. The highest BCUT2D eigenvalue weighted by atomic mass is 16.5. The van der Waals surface area contributed by atoms with Gasteiger partial charge in [-0.05, 0) is 49.6 Å². The minimum absolute atomic E-state index is 0.0344. The van der Waals surface area contributed by atoms with Gasteiger partial charge in [-0.1, -0.05) is 60.7 Å². The lowest BCUT2D eigenvalue weighted by atomic mass is 10.00. The Labute approximate surface area is 195 Å². The fourth-order valence-electron chi connectivity index (χ4n) is 4.25. The molecule has 1 N–H and O–H groups in total. The van der Waals surface area contributed by atoms with Crippen LogP contribution in [0.4, 0.5) is 0 Å². The molecule has 1 atom stereocenters. The molecule has 5 heteroatoms. The van der Waals surface area contributed by atoms with Gasteiger partial charge >= 0.3 is 0 Å². The third-order valence-electron chi connectivity index (χ3n) is 6.25. The van der Waals surface area contributed by atoms with E-state index in [2.05, 4.69) is 41.4 Å². The van der Waals surface area contributed by atoms with Gasteiger partial charge in [0.05, 0.1) is 0 Å². The summed E-state index contributed by atoms with van der Waals surface area (Å²) in [6, 6.07) is 27.2. The zero-order valence-corrected chi connectivity index (χ0v) is 18.9. The number of amides is 1. The van der Waals surface area contributed by atoms with Crippen LogP contribution < -0.4 is 10.1 Å². The average molecular weight is 443 g/mol. The molecule has 1 unspecified atom stereocenters.